The monoisotopic (exact) mass is 392 g/mol. The topological polar surface area (TPSA) is 81.7 Å². The number of thiophene rings is 1. The summed E-state index contributed by atoms with van der Waals surface area (Å²) in [5.74, 6) is 1.63. The first-order valence-corrected chi connectivity index (χ1v) is 10.3. The minimum absolute atomic E-state index is 0.484. The number of fused-ring (bicyclic) bond motifs is 1. The predicted octanol–water partition coefficient (Wildman–Crippen LogP) is 4.45. The third kappa shape index (κ3) is 3.57. The van der Waals surface area contributed by atoms with Crippen molar-refractivity contribution in [3.8, 4) is 11.3 Å². The number of nitrogens with one attached hydrogen (secondary N) is 1. The highest BCUT2D eigenvalue weighted by atomic mass is 32.1. The lowest BCUT2D eigenvalue weighted by Crippen LogP contribution is -2.08. The van der Waals surface area contributed by atoms with E-state index in [9.17, 15) is 0 Å². The van der Waals surface area contributed by atoms with Crippen molar-refractivity contribution in [3.63, 3.8) is 0 Å². The SMILES string of the molecule is CC(C)c1ccc(-c2nc(NCCc3cccs3)nc3nn(C)c(N)c23)cc1. The van der Waals surface area contributed by atoms with Gasteiger partial charge in [0, 0.05) is 24.0 Å². The van der Waals surface area contributed by atoms with Crippen molar-refractivity contribution in [1.29, 1.82) is 0 Å². The van der Waals surface area contributed by atoms with E-state index in [-0.39, 0.29) is 0 Å². The average molecular weight is 393 g/mol. The molecule has 0 fully saturated rings. The van der Waals surface area contributed by atoms with Crippen LogP contribution in [-0.4, -0.2) is 26.3 Å². The molecule has 7 heteroatoms. The molecule has 0 bridgehead atoms. The van der Waals surface area contributed by atoms with Gasteiger partial charge in [0.05, 0.1) is 11.1 Å². The lowest BCUT2D eigenvalue weighted by molar-refractivity contribution is 0.787. The number of benzene rings is 1. The second-order valence-corrected chi connectivity index (χ2v) is 8.17. The van der Waals surface area contributed by atoms with Crippen LogP contribution in [-0.2, 0) is 13.5 Å². The van der Waals surface area contributed by atoms with Gasteiger partial charge in [-0.15, -0.1) is 11.3 Å². The second kappa shape index (κ2) is 7.59. The third-order valence-electron chi connectivity index (χ3n) is 4.82. The molecule has 0 atom stereocenters. The first-order valence-electron chi connectivity index (χ1n) is 9.39. The Morgan fingerprint density at radius 3 is 2.61 bits per heavy atom. The summed E-state index contributed by atoms with van der Waals surface area (Å²) in [6.45, 7) is 5.14. The molecule has 3 N–H and O–H groups in total. The minimum atomic E-state index is 0.484. The van der Waals surface area contributed by atoms with Crippen molar-refractivity contribution >= 4 is 34.1 Å². The summed E-state index contributed by atoms with van der Waals surface area (Å²) in [5, 5.41) is 10.7. The average Bonchev–Trinajstić information content (AvgIpc) is 3.30. The zero-order valence-electron chi connectivity index (χ0n) is 16.3. The summed E-state index contributed by atoms with van der Waals surface area (Å²) in [4.78, 5) is 10.7. The van der Waals surface area contributed by atoms with Crippen LogP contribution in [0.5, 0.6) is 0 Å². The van der Waals surface area contributed by atoms with Crippen LogP contribution in [0, 0.1) is 0 Å². The summed E-state index contributed by atoms with van der Waals surface area (Å²) in [5.41, 5.74) is 9.99. The third-order valence-corrected chi connectivity index (χ3v) is 5.76. The normalized spacial score (nSPS) is 11.4. The van der Waals surface area contributed by atoms with E-state index in [0.29, 0.717) is 23.3 Å². The van der Waals surface area contributed by atoms with Gasteiger partial charge in [0.25, 0.3) is 0 Å². The van der Waals surface area contributed by atoms with Crippen LogP contribution >= 0.6 is 11.3 Å². The molecule has 0 amide bonds. The van der Waals surface area contributed by atoms with Gasteiger partial charge in [0.2, 0.25) is 5.95 Å². The van der Waals surface area contributed by atoms with Crippen LogP contribution in [0.15, 0.2) is 41.8 Å². The van der Waals surface area contributed by atoms with Gasteiger partial charge in [-0.2, -0.15) is 10.1 Å². The molecule has 4 aromatic rings. The Bertz CT molecular complexity index is 1080. The molecule has 3 aromatic heterocycles. The number of nitrogen functional groups attached to an aromatic ring is 1. The van der Waals surface area contributed by atoms with Crippen molar-refractivity contribution in [2.75, 3.05) is 17.6 Å². The number of hydrogen-bond acceptors (Lipinski definition) is 6. The van der Waals surface area contributed by atoms with Gasteiger partial charge in [0.15, 0.2) is 5.65 Å². The molecular formula is C21H24N6S. The van der Waals surface area contributed by atoms with E-state index in [0.717, 1.165) is 29.6 Å². The number of anilines is 2. The molecule has 0 saturated heterocycles. The molecule has 3 heterocycles. The highest BCUT2D eigenvalue weighted by Crippen LogP contribution is 2.31. The molecule has 6 nitrogen and oxygen atoms in total. The number of nitrogens with two attached hydrogens (primary N) is 1. The maximum Gasteiger partial charge on any atom is 0.225 e. The Kier molecular flexibility index (Phi) is 5.00. The number of rotatable bonds is 6. The van der Waals surface area contributed by atoms with Gasteiger partial charge in [-0.1, -0.05) is 44.2 Å². The first-order chi connectivity index (χ1) is 13.5. The fourth-order valence-electron chi connectivity index (χ4n) is 3.18. The Labute approximate surface area is 168 Å². The van der Waals surface area contributed by atoms with Crippen LogP contribution in [0.2, 0.25) is 0 Å². The van der Waals surface area contributed by atoms with Crippen LogP contribution in [0.4, 0.5) is 11.8 Å². The van der Waals surface area contributed by atoms with Gasteiger partial charge >= 0.3 is 0 Å². The first kappa shape index (κ1) is 18.4. The number of nitrogens with zero attached hydrogens (tertiary/aromatic N) is 4. The zero-order valence-corrected chi connectivity index (χ0v) is 17.1. The van der Waals surface area contributed by atoms with Crippen molar-refractivity contribution < 1.29 is 0 Å². The zero-order chi connectivity index (χ0) is 19.7. The van der Waals surface area contributed by atoms with E-state index in [1.807, 2.05) is 7.05 Å². The number of hydrogen-bond donors (Lipinski definition) is 2. The minimum Gasteiger partial charge on any atom is -0.383 e. The summed E-state index contributed by atoms with van der Waals surface area (Å²) < 4.78 is 1.65. The second-order valence-electron chi connectivity index (χ2n) is 7.14. The molecule has 0 saturated carbocycles. The van der Waals surface area contributed by atoms with Gasteiger partial charge in [0.1, 0.15) is 5.82 Å². The van der Waals surface area contributed by atoms with Crippen LogP contribution in [0.1, 0.15) is 30.2 Å². The quantitative estimate of drug-likeness (QED) is 0.506. The van der Waals surface area contributed by atoms with E-state index in [1.165, 1.54) is 10.4 Å². The lowest BCUT2D eigenvalue weighted by Gasteiger charge is -2.10. The summed E-state index contributed by atoms with van der Waals surface area (Å²) in [7, 11) is 1.83. The smallest absolute Gasteiger partial charge is 0.225 e. The summed E-state index contributed by atoms with van der Waals surface area (Å²) >= 11 is 1.76. The molecule has 0 unspecified atom stereocenters. The highest BCUT2D eigenvalue weighted by Gasteiger charge is 2.17. The molecule has 0 radical (unpaired) electrons. The van der Waals surface area contributed by atoms with E-state index in [2.05, 4.69) is 71.0 Å². The van der Waals surface area contributed by atoms with E-state index in [4.69, 9.17) is 10.7 Å². The predicted molar refractivity (Wildman–Crippen MR) is 117 cm³/mol. The Morgan fingerprint density at radius 1 is 1.14 bits per heavy atom. The molecule has 0 spiro atoms. The largest absolute Gasteiger partial charge is 0.383 e. The molecule has 144 valence electrons. The van der Waals surface area contributed by atoms with Crippen molar-refractivity contribution in [1.82, 2.24) is 19.7 Å². The maximum atomic E-state index is 6.27. The van der Waals surface area contributed by atoms with Crippen molar-refractivity contribution in [2.24, 2.45) is 7.05 Å². The van der Waals surface area contributed by atoms with Crippen molar-refractivity contribution in [2.45, 2.75) is 26.2 Å². The Balaban J connectivity index is 1.70. The number of aryl methyl sites for hydroxylation is 1. The lowest BCUT2D eigenvalue weighted by atomic mass is 10.00. The Morgan fingerprint density at radius 2 is 1.93 bits per heavy atom. The van der Waals surface area contributed by atoms with Crippen LogP contribution < -0.4 is 11.1 Å². The number of aromatic nitrogens is 4. The van der Waals surface area contributed by atoms with E-state index in [1.54, 1.807) is 16.0 Å². The van der Waals surface area contributed by atoms with Gasteiger partial charge in [-0.25, -0.2) is 4.98 Å². The highest BCUT2D eigenvalue weighted by molar-refractivity contribution is 7.09. The van der Waals surface area contributed by atoms with Gasteiger partial charge in [-0.05, 0) is 29.3 Å². The molecule has 0 aliphatic heterocycles. The van der Waals surface area contributed by atoms with Gasteiger partial charge < -0.3 is 11.1 Å². The standard InChI is InChI=1S/C21H24N6S/c1-13(2)14-6-8-15(9-7-14)18-17-19(22)27(3)26-20(17)25-21(24-18)23-11-10-16-5-4-12-28-16/h4-9,12-13H,10-11,22H2,1-3H3,(H,23,25,26). The maximum absolute atomic E-state index is 6.27. The van der Waals surface area contributed by atoms with Crippen molar-refractivity contribution in [3.05, 3.63) is 52.2 Å². The van der Waals surface area contributed by atoms with Crippen LogP contribution in [0.25, 0.3) is 22.3 Å². The molecule has 4 rings (SSSR count). The van der Waals surface area contributed by atoms with Crippen LogP contribution in [0.3, 0.4) is 0 Å². The summed E-state index contributed by atoms with van der Waals surface area (Å²) in [6, 6.07) is 12.7. The molecule has 0 aliphatic carbocycles. The molecule has 28 heavy (non-hydrogen) atoms. The molecule has 1 aromatic carbocycles. The fourth-order valence-corrected chi connectivity index (χ4v) is 3.89. The van der Waals surface area contributed by atoms with Gasteiger partial charge in [-0.3, -0.25) is 4.68 Å². The van der Waals surface area contributed by atoms with E-state index >= 15 is 0 Å². The Hall–Kier alpha value is -2.93. The molecular weight excluding hydrogens is 368 g/mol. The van der Waals surface area contributed by atoms with E-state index < -0.39 is 0 Å². The molecule has 0 aliphatic rings. The summed E-state index contributed by atoms with van der Waals surface area (Å²) in [6.07, 6.45) is 0.932. The fraction of sp³-hybridized carbons (Fsp3) is 0.286.